The first-order chi connectivity index (χ1) is 33.2. The Morgan fingerprint density at radius 3 is 1.24 bits per heavy atom. The second-order valence-electron chi connectivity index (χ2n) is 16.5. The number of carbonyl (C=O) groups is 3. The number of nitrogens with zero attached hydrogens (tertiary/aromatic N) is 2. The Bertz CT molecular complexity index is 2300. The van der Waals surface area contributed by atoms with E-state index in [1.807, 2.05) is 19.1 Å². The van der Waals surface area contributed by atoms with Gasteiger partial charge in [0.1, 0.15) is 97.0 Å². The monoisotopic (exact) mass is 989 g/mol. The van der Waals surface area contributed by atoms with Gasteiger partial charge in [-0.3, -0.25) is 24.4 Å². The number of hydrogen-bond donors (Lipinski definition) is 14. The highest BCUT2D eigenvalue weighted by atomic mass is 16.7. The van der Waals surface area contributed by atoms with Gasteiger partial charge in [0.25, 0.3) is 0 Å². The zero-order valence-corrected chi connectivity index (χ0v) is 38.4. The number of fused-ring (bicyclic) bond motifs is 1. The maximum atomic E-state index is 11.4. The average Bonchev–Trinajstić information content (AvgIpc) is 3.80. The molecule has 7 rings (SSSR count). The minimum atomic E-state index is -1.62. The molecule has 4 heterocycles. The summed E-state index contributed by atoms with van der Waals surface area (Å²) in [7, 11) is -1.62. The van der Waals surface area contributed by atoms with E-state index in [4.69, 9.17) is 38.5 Å². The van der Waals surface area contributed by atoms with Gasteiger partial charge < -0.3 is 100 Å². The van der Waals surface area contributed by atoms with Crippen LogP contribution in [0.2, 0.25) is 0 Å². The molecule has 0 saturated carbocycles. The highest BCUT2D eigenvalue weighted by Gasteiger charge is 2.48. The fourth-order valence-electron chi connectivity index (χ4n) is 7.48. The normalized spacial score (nSPS) is 31.0. The third kappa shape index (κ3) is 14.6. The Labute approximate surface area is 400 Å². The Kier molecular flexibility index (Phi) is 20.3. The number of aliphatic hydroxyl groups excluding tert-OH is 9. The number of amides is 3. The van der Waals surface area contributed by atoms with Crippen molar-refractivity contribution in [2.75, 3.05) is 26.5 Å². The number of aliphatic hydroxyl groups is 9. The number of rotatable bonds is 13. The van der Waals surface area contributed by atoms with Gasteiger partial charge in [0.15, 0.2) is 0 Å². The second-order valence-corrected chi connectivity index (χ2v) is 16.5. The van der Waals surface area contributed by atoms with Crippen LogP contribution in [0.4, 0.5) is 0 Å². The zero-order chi connectivity index (χ0) is 51.4. The summed E-state index contributed by atoms with van der Waals surface area (Å²) in [4.78, 5) is 42.3. The molecule has 14 N–H and O–H groups in total. The van der Waals surface area contributed by atoms with Crippen molar-refractivity contribution < 1.29 is 98.8 Å². The zero-order valence-electron chi connectivity index (χ0n) is 38.4. The van der Waals surface area contributed by atoms with Crippen LogP contribution in [0.25, 0.3) is 0 Å². The number of nitrogens with one attached hydrogen (secondary N) is 3. The van der Waals surface area contributed by atoms with Gasteiger partial charge in [-0.05, 0) is 48.8 Å². The Balaban J connectivity index is 0.000000196. The maximum absolute atomic E-state index is 11.4. The van der Waals surface area contributed by atoms with Crippen molar-refractivity contribution in [3.63, 3.8) is 0 Å². The third-order valence-electron chi connectivity index (χ3n) is 11.1. The fourth-order valence-corrected chi connectivity index (χ4v) is 7.48. The van der Waals surface area contributed by atoms with Crippen LogP contribution in [-0.4, -0.2) is 199 Å². The first-order valence-corrected chi connectivity index (χ1v) is 22.0. The van der Waals surface area contributed by atoms with E-state index in [-0.39, 0.29) is 17.1 Å². The number of benzene rings is 3. The van der Waals surface area contributed by atoms with Crippen LogP contribution in [0, 0.1) is 6.92 Å². The second kappa shape index (κ2) is 25.6. The molecule has 3 aromatic rings. The van der Waals surface area contributed by atoms with Gasteiger partial charge in [0, 0.05) is 26.8 Å². The summed E-state index contributed by atoms with van der Waals surface area (Å²) in [5.74, 6) is -0.0698. The van der Waals surface area contributed by atoms with Crippen molar-refractivity contribution in [2.45, 2.75) is 120 Å². The predicted octanol–water partition coefficient (Wildman–Crippen LogP) is -6.77. The molecule has 0 aliphatic carbocycles. The molecule has 0 bridgehead atoms. The topological polar surface area (TPSA) is 390 Å². The Morgan fingerprint density at radius 1 is 0.543 bits per heavy atom. The SMILES string of the molecule is CC(=O)N[C@@H]1C(Oc2ccc(B(O)O)cc2)OC(CO)C(O)C1O.CC(=O)N[C@@H]1C(Oc2ccc(C)cc2)OC(CO)C(O)C1O.CC(=O)N[C@@H]1C(Oc2ccc3c(c2)=NCN=3)OC(CO)C(O)C1O. The highest BCUT2D eigenvalue weighted by Crippen LogP contribution is 2.27. The largest absolute Gasteiger partial charge is 0.488 e. The van der Waals surface area contributed by atoms with Crippen molar-refractivity contribution in [3.05, 3.63) is 83.0 Å². The quantitative estimate of drug-likeness (QED) is 0.0708. The van der Waals surface area contributed by atoms with Crippen LogP contribution >= 0.6 is 0 Å². The van der Waals surface area contributed by atoms with Crippen LogP contribution in [0.3, 0.4) is 0 Å². The van der Waals surface area contributed by atoms with Crippen molar-refractivity contribution in [1.29, 1.82) is 0 Å². The molecule has 4 aliphatic rings. The Morgan fingerprint density at radius 2 is 0.886 bits per heavy atom. The molecule has 4 aliphatic heterocycles. The molecule has 3 aromatic carbocycles. The van der Waals surface area contributed by atoms with Crippen molar-refractivity contribution in [3.8, 4) is 17.2 Å². The van der Waals surface area contributed by atoms with Gasteiger partial charge in [-0.1, -0.05) is 29.8 Å². The van der Waals surface area contributed by atoms with Crippen molar-refractivity contribution in [2.24, 2.45) is 9.98 Å². The molecule has 70 heavy (non-hydrogen) atoms. The smallest absolute Gasteiger partial charge is 0.463 e. The highest BCUT2D eigenvalue weighted by molar-refractivity contribution is 6.58. The molecule has 26 heteroatoms. The molecule has 0 aromatic heterocycles. The number of aryl methyl sites for hydroxylation is 1. The summed E-state index contributed by atoms with van der Waals surface area (Å²) >= 11 is 0. The lowest BCUT2D eigenvalue weighted by Gasteiger charge is -2.42. The van der Waals surface area contributed by atoms with Crippen LogP contribution in [0.1, 0.15) is 26.3 Å². The lowest BCUT2D eigenvalue weighted by molar-refractivity contribution is -0.244. The summed E-state index contributed by atoms with van der Waals surface area (Å²) < 4.78 is 33.3. The minimum Gasteiger partial charge on any atom is -0.463 e. The van der Waals surface area contributed by atoms with E-state index in [1.165, 1.54) is 45.0 Å². The molecule has 12 unspecified atom stereocenters. The summed E-state index contributed by atoms with van der Waals surface area (Å²) in [6.45, 7) is 4.60. The first-order valence-electron chi connectivity index (χ1n) is 22.0. The van der Waals surface area contributed by atoms with Gasteiger partial charge in [-0.2, -0.15) is 0 Å². The molecule has 15 atom stereocenters. The lowest BCUT2D eigenvalue weighted by atomic mass is 9.80. The van der Waals surface area contributed by atoms with E-state index in [9.17, 15) is 60.3 Å². The third-order valence-corrected chi connectivity index (χ3v) is 11.1. The molecule has 0 spiro atoms. The maximum Gasteiger partial charge on any atom is 0.488 e. The van der Waals surface area contributed by atoms with E-state index in [2.05, 4.69) is 25.9 Å². The van der Waals surface area contributed by atoms with Gasteiger partial charge in [-0.15, -0.1) is 0 Å². The number of carbonyl (C=O) groups excluding carboxylic acids is 3. The van der Waals surface area contributed by atoms with Gasteiger partial charge >= 0.3 is 7.12 Å². The summed E-state index contributed by atoms with van der Waals surface area (Å²) in [5.41, 5.74) is 1.31. The van der Waals surface area contributed by atoms with E-state index in [0.29, 0.717) is 23.5 Å². The summed E-state index contributed by atoms with van der Waals surface area (Å²) in [6.07, 6.45) is -14.5. The molecule has 384 valence electrons. The lowest BCUT2D eigenvalue weighted by Crippen LogP contribution is -2.65. The van der Waals surface area contributed by atoms with Crippen molar-refractivity contribution >= 4 is 30.3 Å². The number of ether oxygens (including phenoxy) is 6. The van der Waals surface area contributed by atoms with Gasteiger partial charge in [0.2, 0.25) is 36.6 Å². The summed E-state index contributed by atoms with van der Waals surface area (Å²) in [6, 6.07) is 15.0. The minimum absolute atomic E-state index is 0.258. The van der Waals surface area contributed by atoms with E-state index in [1.54, 1.807) is 30.3 Å². The molecule has 3 amide bonds. The molecular weight excluding hydrogens is 929 g/mol. The van der Waals surface area contributed by atoms with Gasteiger partial charge in [-0.25, -0.2) is 0 Å². The predicted molar refractivity (Wildman–Crippen MR) is 239 cm³/mol. The summed E-state index contributed by atoms with van der Waals surface area (Å²) in [5, 5.41) is 115. The van der Waals surface area contributed by atoms with Crippen LogP contribution in [0.15, 0.2) is 76.7 Å². The van der Waals surface area contributed by atoms with E-state index < -0.39 is 131 Å². The van der Waals surface area contributed by atoms with Crippen molar-refractivity contribution in [1.82, 2.24) is 16.0 Å². The molecule has 0 radical (unpaired) electrons. The van der Waals surface area contributed by atoms with Gasteiger partial charge in [0.05, 0.1) is 30.5 Å². The molecule has 3 saturated heterocycles. The Hall–Kier alpha value is -5.43. The van der Waals surface area contributed by atoms with Crippen LogP contribution in [0.5, 0.6) is 17.2 Å². The molecular formula is C44H60BN5O20. The number of hydrogen-bond acceptors (Lipinski definition) is 22. The molecule has 3 fully saturated rings. The van der Waals surface area contributed by atoms with E-state index >= 15 is 0 Å². The average molecular weight is 990 g/mol. The fraction of sp³-hybridized carbons (Fsp3) is 0.523. The van der Waals surface area contributed by atoms with Crippen LogP contribution < -0.4 is 46.3 Å². The standard InChI is InChI=1S/C15H19N3O6.C15H21NO6.C14H20BNO8/c1-7(20)18-12-14(22)13(21)11(5-19)24-15(12)23-8-2-3-9-10(4-8)17-6-16-9;1-8-3-5-10(6-4-8)21-15-12(16-9(2)18)14(20)13(19)11(7-17)22-15;1-7(18)16-11-13(20)12(19)10(6-17)24-14(11)23-9-4-2-8(3-5-9)15(21)22/h2-4,11-15,19,21-22H,5-6H2,1H3,(H,18,20);3-6,11-15,17,19-20H,7H2,1-2H3,(H,16,18);2-5,10-14,17,19-22H,6H2,1H3,(H,16,18)/t2*11?,12-,13?,14?,15?;10?,11-,12?,13?,14?/m000/s1. The molecule has 25 nitrogen and oxygen atoms in total. The van der Waals surface area contributed by atoms with Crippen LogP contribution in [-0.2, 0) is 28.6 Å². The van der Waals surface area contributed by atoms with E-state index in [0.717, 1.165) is 10.9 Å². The first kappa shape index (κ1) is 55.5.